The number of ether oxygens (including phenoxy) is 1. The third-order valence-corrected chi connectivity index (χ3v) is 3.90. The Bertz CT molecular complexity index is 740. The number of aromatic nitrogens is 2. The van der Waals surface area contributed by atoms with Crippen molar-refractivity contribution in [3.8, 4) is 5.75 Å². The van der Waals surface area contributed by atoms with Gasteiger partial charge in [0.15, 0.2) is 5.82 Å². The Kier molecular flexibility index (Phi) is 3.98. The van der Waals surface area contributed by atoms with E-state index in [2.05, 4.69) is 9.97 Å². The first kappa shape index (κ1) is 13.8. The Hall–Kier alpha value is -2.18. The maximum atomic E-state index is 8.88. The van der Waals surface area contributed by atoms with Crippen molar-refractivity contribution >= 4 is 27.4 Å². The van der Waals surface area contributed by atoms with E-state index >= 15 is 0 Å². The van der Waals surface area contributed by atoms with Gasteiger partial charge < -0.3 is 15.6 Å². The van der Waals surface area contributed by atoms with E-state index in [1.807, 2.05) is 35.7 Å². The molecular formula is C15H15N3O2S. The number of rotatable bonds is 5. The van der Waals surface area contributed by atoms with Crippen molar-refractivity contribution in [3.63, 3.8) is 0 Å². The summed E-state index contributed by atoms with van der Waals surface area (Å²) >= 11 is 1.53. The number of thiophene rings is 1. The van der Waals surface area contributed by atoms with Crippen LogP contribution in [0.5, 0.6) is 5.75 Å². The Morgan fingerprint density at radius 3 is 2.71 bits per heavy atom. The second-order valence-electron chi connectivity index (χ2n) is 4.57. The lowest BCUT2D eigenvalue weighted by atomic mass is 10.1. The molecule has 0 aliphatic carbocycles. The lowest BCUT2D eigenvalue weighted by Crippen LogP contribution is -2.04. The molecule has 0 spiro atoms. The van der Waals surface area contributed by atoms with Crippen LogP contribution in [0, 0.1) is 0 Å². The highest BCUT2D eigenvalue weighted by Gasteiger charge is 2.07. The number of aliphatic hydroxyl groups excluding tert-OH is 1. The molecule has 0 unspecified atom stereocenters. The maximum absolute atomic E-state index is 8.88. The number of fused-ring (bicyclic) bond motifs is 1. The molecule has 1 aromatic carbocycles. The van der Waals surface area contributed by atoms with Gasteiger partial charge >= 0.3 is 0 Å². The van der Waals surface area contributed by atoms with Gasteiger partial charge in [-0.2, -0.15) is 0 Å². The molecule has 3 N–H and O–H groups in total. The van der Waals surface area contributed by atoms with Crippen LogP contribution in [0.2, 0.25) is 0 Å². The first-order chi connectivity index (χ1) is 10.3. The molecule has 0 saturated heterocycles. The van der Waals surface area contributed by atoms with E-state index in [1.165, 1.54) is 11.3 Å². The average Bonchev–Trinajstić information content (AvgIpc) is 2.96. The van der Waals surface area contributed by atoms with Crippen LogP contribution in [0.15, 0.2) is 35.7 Å². The first-order valence-corrected chi connectivity index (χ1v) is 7.46. The molecule has 0 amide bonds. The Morgan fingerprint density at radius 1 is 1.14 bits per heavy atom. The molecule has 0 radical (unpaired) electrons. The SMILES string of the molecule is Nc1nc(COc2ccc(CCO)cc2)nc2sccc12. The Balaban J connectivity index is 1.70. The van der Waals surface area contributed by atoms with Crippen LogP contribution in [0.1, 0.15) is 11.4 Å². The summed E-state index contributed by atoms with van der Waals surface area (Å²) in [5.74, 6) is 1.80. The second-order valence-corrected chi connectivity index (χ2v) is 5.47. The van der Waals surface area contributed by atoms with Gasteiger partial charge in [0.05, 0.1) is 5.39 Å². The molecule has 0 aliphatic heterocycles. The molecule has 5 nitrogen and oxygen atoms in total. The second kappa shape index (κ2) is 6.07. The van der Waals surface area contributed by atoms with Crippen LogP contribution in [-0.4, -0.2) is 21.7 Å². The summed E-state index contributed by atoms with van der Waals surface area (Å²) in [6.07, 6.45) is 0.648. The monoisotopic (exact) mass is 301 g/mol. The molecule has 3 rings (SSSR count). The smallest absolute Gasteiger partial charge is 0.169 e. The molecule has 0 saturated carbocycles. The van der Waals surface area contributed by atoms with Crippen molar-refractivity contribution < 1.29 is 9.84 Å². The number of nitrogen functional groups attached to an aromatic ring is 1. The van der Waals surface area contributed by atoms with Crippen LogP contribution >= 0.6 is 11.3 Å². The normalized spacial score (nSPS) is 10.9. The highest BCUT2D eigenvalue weighted by molar-refractivity contribution is 7.16. The van der Waals surface area contributed by atoms with Crippen molar-refractivity contribution in [2.75, 3.05) is 12.3 Å². The fourth-order valence-electron chi connectivity index (χ4n) is 2.02. The highest BCUT2D eigenvalue weighted by atomic mass is 32.1. The van der Waals surface area contributed by atoms with Crippen LogP contribution in [-0.2, 0) is 13.0 Å². The number of nitrogens with zero attached hydrogens (tertiary/aromatic N) is 2. The summed E-state index contributed by atoms with van der Waals surface area (Å²) in [5.41, 5.74) is 6.97. The summed E-state index contributed by atoms with van der Waals surface area (Å²) in [4.78, 5) is 9.55. The summed E-state index contributed by atoms with van der Waals surface area (Å²) in [6.45, 7) is 0.422. The first-order valence-electron chi connectivity index (χ1n) is 6.58. The number of hydrogen-bond acceptors (Lipinski definition) is 6. The van der Waals surface area contributed by atoms with Gasteiger partial charge in [-0.1, -0.05) is 12.1 Å². The lowest BCUT2D eigenvalue weighted by molar-refractivity contribution is 0.294. The molecule has 6 heteroatoms. The number of benzene rings is 1. The Labute approximate surface area is 126 Å². The van der Waals surface area contributed by atoms with E-state index in [0.717, 1.165) is 21.5 Å². The standard InChI is InChI=1S/C15H15N3O2S/c16-14-12-6-8-21-15(12)18-13(17-14)9-20-11-3-1-10(2-4-11)5-7-19/h1-4,6,8,19H,5,7,9H2,(H2,16,17,18). The van der Waals surface area contributed by atoms with E-state index in [-0.39, 0.29) is 13.2 Å². The summed E-state index contributed by atoms with van der Waals surface area (Å²) in [7, 11) is 0. The van der Waals surface area contributed by atoms with Crippen molar-refractivity contribution in [2.45, 2.75) is 13.0 Å². The molecule has 2 aromatic heterocycles. The molecule has 0 atom stereocenters. The van der Waals surface area contributed by atoms with Crippen LogP contribution in [0.3, 0.4) is 0 Å². The fourth-order valence-corrected chi connectivity index (χ4v) is 2.81. The van der Waals surface area contributed by atoms with Crippen molar-refractivity contribution in [2.24, 2.45) is 0 Å². The third-order valence-electron chi connectivity index (χ3n) is 3.09. The summed E-state index contributed by atoms with van der Waals surface area (Å²) in [6, 6.07) is 9.53. The Morgan fingerprint density at radius 2 is 1.95 bits per heavy atom. The van der Waals surface area contributed by atoms with E-state index in [0.29, 0.717) is 18.1 Å². The summed E-state index contributed by atoms with van der Waals surface area (Å²) in [5, 5.41) is 11.7. The zero-order valence-electron chi connectivity index (χ0n) is 11.3. The zero-order chi connectivity index (χ0) is 14.7. The lowest BCUT2D eigenvalue weighted by Gasteiger charge is -2.07. The molecular weight excluding hydrogens is 286 g/mol. The molecule has 0 fully saturated rings. The zero-order valence-corrected chi connectivity index (χ0v) is 12.1. The minimum atomic E-state index is 0.147. The van der Waals surface area contributed by atoms with Crippen LogP contribution in [0.4, 0.5) is 5.82 Å². The van der Waals surface area contributed by atoms with Gasteiger partial charge in [-0.05, 0) is 35.6 Å². The molecule has 2 heterocycles. The minimum Gasteiger partial charge on any atom is -0.486 e. The van der Waals surface area contributed by atoms with Gasteiger partial charge in [0.25, 0.3) is 0 Å². The third kappa shape index (κ3) is 3.12. The van der Waals surface area contributed by atoms with Crippen LogP contribution in [0.25, 0.3) is 10.2 Å². The van der Waals surface area contributed by atoms with E-state index in [4.69, 9.17) is 15.6 Å². The van der Waals surface area contributed by atoms with Crippen molar-refractivity contribution in [3.05, 3.63) is 47.1 Å². The van der Waals surface area contributed by atoms with Gasteiger partial charge in [-0.15, -0.1) is 11.3 Å². The topological polar surface area (TPSA) is 81.3 Å². The van der Waals surface area contributed by atoms with Crippen molar-refractivity contribution in [1.29, 1.82) is 0 Å². The molecule has 0 aliphatic rings. The number of anilines is 1. The fraction of sp³-hybridized carbons (Fsp3) is 0.200. The quantitative estimate of drug-likeness (QED) is 0.756. The van der Waals surface area contributed by atoms with Gasteiger partial charge in [0.1, 0.15) is 23.0 Å². The van der Waals surface area contributed by atoms with E-state index < -0.39 is 0 Å². The average molecular weight is 301 g/mol. The van der Waals surface area contributed by atoms with Crippen molar-refractivity contribution in [1.82, 2.24) is 9.97 Å². The molecule has 108 valence electrons. The van der Waals surface area contributed by atoms with Gasteiger partial charge in [-0.25, -0.2) is 9.97 Å². The van der Waals surface area contributed by atoms with E-state index in [1.54, 1.807) is 0 Å². The summed E-state index contributed by atoms with van der Waals surface area (Å²) < 4.78 is 5.67. The number of hydrogen-bond donors (Lipinski definition) is 2. The maximum Gasteiger partial charge on any atom is 0.169 e. The number of aliphatic hydroxyl groups is 1. The van der Waals surface area contributed by atoms with Gasteiger partial charge in [0, 0.05) is 6.61 Å². The molecule has 21 heavy (non-hydrogen) atoms. The molecule has 3 aromatic rings. The highest BCUT2D eigenvalue weighted by Crippen LogP contribution is 2.23. The molecule has 0 bridgehead atoms. The minimum absolute atomic E-state index is 0.147. The predicted octanol–water partition coefficient (Wildman–Crippen LogP) is 2.39. The number of nitrogens with two attached hydrogens (primary N) is 1. The van der Waals surface area contributed by atoms with Crippen LogP contribution < -0.4 is 10.5 Å². The van der Waals surface area contributed by atoms with Gasteiger partial charge in [0.2, 0.25) is 0 Å². The predicted molar refractivity (Wildman–Crippen MR) is 83.4 cm³/mol. The van der Waals surface area contributed by atoms with E-state index in [9.17, 15) is 0 Å². The largest absolute Gasteiger partial charge is 0.486 e. The van der Waals surface area contributed by atoms with Gasteiger partial charge in [-0.3, -0.25) is 0 Å².